The van der Waals surface area contributed by atoms with Gasteiger partial charge in [0, 0.05) is 18.7 Å². The van der Waals surface area contributed by atoms with Crippen molar-refractivity contribution in [3.8, 4) is 5.75 Å². The summed E-state index contributed by atoms with van der Waals surface area (Å²) in [6.45, 7) is 4.51. The largest absolute Gasteiger partial charge is 0.497 e. The van der Waals surface area contributed by atoms with Gasteiger partial charge in [-0.3, -0.25) is 4.90 Å². The average molecular weight is 288 g/mol. The number of rotatable bonds is 7. The van der Waals surface area contributed by atoms with Crippen LogP contribution < -0.4 is 10.1 Å². The van der Waals surface area contributed by atoms with Gasteiger partial charge in [0.05, 0.1) is 13.7 Å². The van der Waals surface area contributed by atoms with Crippen molar-refractivity contribution in [2.45, 2.75) is 26.6 Å². The summed E-state index contributed by atoms with van der Waals surface area (Å²) in [5.74, 6) is 2.89. The van der Waals surface area contributed by atoms with Gasteiger partial charge in [-0.15, -0.1) is 0 Å². The predicted octanol–water partition coefficient (Wildman–Crippen LogP) is 2.95. The van der Waals surface area contributed by atoms with Crippen molar-refractivity contribution in [1.29, 1.82) is 0 Å². The van der Waals surface area contributed by atoms with Crippen LogP contribution in [0, 0.1) is 6.92 Å². The Morgan fingerprint density at radius 1 is 1.24 bits per heavy atom. The van der Waals surface area contributed by atoms with Crippen molar-refractivity contribution in [3.05, 3.63) is 53.0 Å². The van der Waals surface area contributed by atoms with Crippen LogP contribution in [0.4, 0.5) is 0 Å². The Morgan fingerprint density at radius 3 is 2.76 bits per heavy atom. The third kappa shape index (κ3) is 4.34. The first-order valence-electron chi connectivity index (χ1n) is 7.16. The molecule has 4 nitrogen and oxygen atoms in total. The second-order valence-electron chi connectivity index (χ2n) is 5.35. The standard InChI is InChI=1S/C17H24N2O2/c1-13-15(10-18-2)9-17(21-13)12-19(3)11-14-6-5-7-16(8-14)20-4/h5-9,18H,10-12H2,1-4H3. The summed E-state index contributed by atoms with van der Waals surface area (Å²) >= 11 is 0. The van der Waals surface area contributed by atoms with Gasteiger partial charge in [0.2, 0.25) is 0 Å². The SMILES string of the molecule is CNCc1cc(CN(C)Cc2cccc(OC)c2)oc1C. The van der Waals surface area contributed by atoms with Crippen LogP contribution >= 0.6 is 0 Å². The number of aryl methyl sites for hydroxylation is 1. The van der Waals surface area contributed by atoms with E-state index < -0.39 is 0 Å². The van der Waals surface area contributed by atoms with Crippen LogP contribution in [0.15, 0.2) is 34.7 Å². The first-order chi connectivity index (χ1) is 10.1. The van der Waals surface area contributed by atoms with E-state index in [0.29, 0.717) is 0 Å². The van der Waals surface area contributed by atoms with E-state index >= 15 is 0 Å². The first-order valence-corrected chi connectivity index (χ1v) is 7.16. The van der Waals surface area contributed by atoms with Crippen molar-refractivity contribution >= 4 is 0 Å². The van der Waals surface area contributed by atoms with Crippen LogP contribution in [0.3, 0.4) is 0 Å². The molecule has 0 saturated heterocycles. The lowest BCUT2D eigenvalue weighted by molar-refractivity contribution is 0.284. The summed E-state index contributed by atoms with van der Waals surface area (Å²) in [6, 6.07) is 10.3. The molecule has 0 aliphatic heterocycles. The summed E-state index contributed by atoms with van der Waals surface area (Å²) in [5.41, 5.74) is 2.46. The molecule has 0 radical (unpaired) electrons. The summed E-state index contributed by atoms with van der Waals surface area (Å²) in [5, 5.41) is 3.16. The molecule has 2 rings (SSSR count). The molecule has 1 aromatic carbocycles. The zero-order valence-electron chi connectivity index (χ0n) is 13.3. The van der Waals surface area contributed by atoms with Crippen LogP contribution in [0.5, 0.6) is 5.75 Å². The maximum atomic E-state index is 5.81. The Balaban J connectivity index is 1.97. The topological polar surface area (TPSA) is 37.6 Å². The summed E-state index contributed by atoms with van der Waals surface area (Å²) in [7, 11) is 5.73. The Bertz CT molecular complexity index is 578. The van der Waals surface area contributed by atoms with Crippen molar-refractivity contribution in [3.63, 3.8) is 0 Å². The van der Waals surface area contributed by atoms with Gasteiger partial charge in [-0.2, -0.15) is 0 Å². The first kappa shape index (κ1) is 15.6. The third-order valence-electron chi connectivity index (χ3n) is 3.45. The van der Waals surface area contributed by atoms with Gasteiger partial charge in [-0.1, -0.05) is 12.1 Å². The molecule has 0 bridgehead atoms. The molecule has 0 saturated carbocycles. The molecule has 1 N–H and O–H groups in total. The fourth-order valence-electron chi connectivity index (χ4n) is 2.44. The normalized spacial score (nSPS) is 11.1. The molecule has 4 heteroatoms. The van der Waals surface area contributed by atoms with E-state index in [4.69, 9.17) is 9.15 Å². The van der Waals surface area contributed by atoms with E-state index in [9.17, 15) is 0 Å². The molecular formula is C17H24N2O2. The van der Waals surface area contributed by atoms with Crippen LogP contribution in [-0.4, -0.2) is 26.1 Å². The molecule has 1 aromatic heterocycles. The monoisotopic (exact) mass is 288 g/mol. The fraction of sp³-hybridized carbons (Fsp3) is 0.412. The number of nitrogens with zero attached hydrogens (tertiary/aromatic N) is 1. The van der Waals surface area contributed by atoms with Crippen LogP contribution in [0.25, 0.3) is 0 Å². The molecule has 2 aromatic rings. The molecule has 21 heavy (non-hydrogen) atoms. The number of nitrogens with one attached hydrogen (secondary N) is 1. The van der Waals surface area contributed by atoms with Gasteiger partial charge in [0.1, 0.15) is 17.3 Å². The fourth-order valence-corrected chi connectivity index (χ4v) is 2.44. The van der Waals surface area contributed by atoms with Crippen molar-refractivity contribution in [2.75, 3.05) is 21.2 Å². The number of ether oxygens (including phenoxy) is 1. The van der Waals surface area contributed by atoms with Crippen LogP contribution in [0.1, 0.15) is 22.6 Å². The van der Waals surface area contributed by atoms with E-state index in [1.807, 2.05) is 26.1 Å². The lowest BCUT2D eigenvalue weighted by Crippen LogP contribution is -2.16. The van der Waals surface area contributed by atoms with E-state index in [1.54, 1.807) is 7.11 Å². The maximum absolute atomic E-state index is 5.81. The summed E-state index contributed by atoms with van der Waals surface area (Å²) < 4.78 is 11.1. The summed E-state index contributed by atoms with van der Waals surface area (Å²) in [4.78, 5) is 2.23. The number of hydrogen-bond acceptors (Lipinski definition) is 4. The quantitative estimate of drug-likeness (QED) is 0.850. The molecule has 0 amide bonds. The highest BCUT2D eigenvalue weighted by Crippen LogP contribution is 2.18. The number of benzene rings is 1. The molecule has 0 fully saturated rings. The molecule has 0 spiro atoms. The van der Waals surface area contributed by atoms with Gasteiger partial charge in [0.25, 0.3) is 0 Å². The van der Waals surface area contributed by atoms with Gasteiger partial charge in [0.15, 0.2) is 0 Å². The van der Waals surface area contributed by atoms with Gasteiger partial charge >= 0.3 is 0 Å². The Hall–Kier alpha value is -1.78. The van der Waals surface area contributed by atoms with E-state index in [-0.39, 0.29) is 0 Å². The Morgan fingerprint density at radius 2 is 2.05 bits per heavy atom. The number of methoxy groups -OCH3 is 1. The zero-order chi connectivity index (χ0) is 15.2. The van der Waals surface area contributed by atoms with E-state index in [1.165, 1.54) is 11.1 Å². The minimum absolute atomic E-state index is 0.793. The highest BCUT2D eigenvalue weighted by Gasteiger charge is 2.09. The van der Waals surface area contributed by atoms with E-state index in [0.717, 1.165) is 36.9 Å². The third-order valence-corrected chi connectivity index (χ3v) is 3.45. The van der Waals surface area contributed by atoms with Gasteiger partial charge in [-0.25, -0.2) is 0 Å². The number of furan rings is 1. The minimum Gasteiger partial charge on any atom is -0.497 e. The second-order valence-corrected chi connectivity index (χ2v) is 5.35. The van der Waals surface area contributed by atoms with Crippen LogP contribution in [-0.2, 0) is 19.6 Å². The van der Waals surface area contributed by atoms with E-state index in [2.05, 4.69) is 35.5 Å². The second kappa shape index (κ2) is 7.29. The molecule has 0 aliphatic rings. The molecular weight excluding hydrogens is 264 g/mol. The highest BCUT2D eigenvalue weighted by atomic mass is 16.5. The lowest BCUT2D eigenvalue weighted by Gasteiger charge is -2.15. The summed E-state index contributed by atoms with van der Waals surface area (Å²) in [6.07, 6.45) is 0. The van der Waals surface area contributed by atoms with Gasteiger partial charge < -0.3 is 14.5 Å². The Kier molecular flexibility index (Phi) is 5.42. The van der Waals surface area contributed by atoms with Crippen molar-refractivity contribution in [1.82, 2.24) is 10.2 Å². The Labute approximate surface area is 126 Å². The highest BCUT2D eigenvalue weighted by molar-refractivity contribution is 5.28. The zero-order valence-corrected chi connectivity index (χ0v) is 13.3. The number of hydrogen-bond donors (Lipinski definition) is 1. The molecule has 114 valence electrons. The van der Waals surface area contributed by atoms with Crippen molar-refractivity contribution < 1.29 is 9.15 Å². The predicted molar refractivity (Wildman–Crippen MR) is 84.4 cm³/mol. The molecule has 1 heterocycles. The average Bonchev–Trinajstić information content (AvgIpc) is 2.79. The van der Waals surface area contributed by atoms with Gasteiger partial charge in [-0.05, 0) is 44.8 Å². The minimum atomic E-state index is 0.793. The smallest absolute Gasteiger partial charge is 0.119 e. The maximum Gasteiger partial charge on any atom is 0.119 e. The molecule has 0 atom stereocenters. The van der Waals surface area contributed by atoms with Crippen LogP contribution in [0.2, 0.25) is 0 Å². The molecule has 0 aliphatic carbocycles. The molecule has 0 unspecified atom stereocenters. The lowest BCUT2D eigenvalue weighted by atomic mass is 10.2. The van der Waals surface area contributed by atoms with Crippen molar-refractivity contribution in [2.24, 2.45) is 0 Å².